The number of unbranched alkanes of at least 4 members (excludes halogenated alkanes) is 1. The van der Waals surface area contributed by atoms with Gasteiger partial charge in [-0.05, 0) is 38.4 Å². The van der Waals surface area contributed by atoms with Crippen molar-refractivity contribution in [3.05, 3.63) is 39.3 Å². The van der Waals surface area contributed by atoms with Crippen molar-refractivity contribution in [3.8, 4) is 17.0 Å². The van der Waals surface area contributed by atoms with Gasteiger partial charge >= 0.3 is 4.87 Å². The average molecular weight is 292 g/mol. The summed E-state index contributed by atoms with van der Waals surface area (Å²) in [5, 5.41) is 1.91. The van der Waals surface area contributed by atoms with Crippen LogP contribution in [0.1, 0.15) is 19.8 Å². The van der Waals surface area contributed by atoms with Gasteiger partial charge in [-0.3, -0.25) is 9.36 Å². The molecular formula is C15H20N2O2S. The first-order valence-electron chi connectivity index (χ1n) is 6.88. The molecule has 4 nitrogen and oxygen atoms in total. The van der Waals surface area contributed by atoms with Gasteiger partial charge in [0.2, 0.25) is 0 Å². The molecule has 0 saturated carbocycles. The maximum Gasteiger partial charge on any atom is 0.307 e. The van der Waals surface area contributed by atoms with Crippen molar-refractivity contribution in [2.45, 2.75) is 26.3 Å². The van der Waals surface area contributed by atoms with Gasteiger partial charge in [0, 0.05) is 17.5 Å². The van der Waals surface area contributed by atoms with Gasteiger partial charge in [-0.15, -0.1) is 0 Å². The molecule has 0 aliphatic carbocycles. The second-order valence-electron chi connectivity index (χ2n) is 4.46. The van der Waals surface area contributed by atoms with E-state index in [0.717, 1.165) is 29.8 Å². The molecule has 1 heterocycles. The molecule has 0 spiro atoms. The normalized spacial score (nSPS) is 10.7. The number of aromatic nitrogens is 1. The topological polar surface area (TPSA) is 57.2 Å². The fourth-order valence-electron chi connectivity index (χ4n) is 2.13. The molecule has 0 radical (unpaired) electrons. The van der Waals surface area contributed by atoms with Crippen molar-refractivity contribution in [1.29, 1.82) is 0 Å². The van der Waals surface area contributed by atoms with E-state index in [2.05, 4.69) is 0 Å². The van der Waals surface area contributed by atoms with Crippen LogP contribution in [0.15, 0.2) is 34.4 Å². The highest BCUT2D eigenvalue weighted by molar-refractivity contribution is 7.07. The molecule has 2 aromatic rings. The Morgan fingerprint density at radius 3 is 2.85 bits per heavy atom. The predicted molar refractivity (Wildman–Crippen MR) is 83.5 cm³/mol. The second-order valence-corrected chi connectivity index (χ2v) is 5.28. The van der Waals surface area contributed by atoms with E-state index in [9.17, 15) is 4.79 Å². The van der Waals surface area contributed by atoms with Gasteiger partial charge in [0.1, 0.15) is 5.75 Å². The predicted octanol–water partition coefficient (Wildman–Crippen LogP) is 2.71. The largest absolute Gasteiger partial charge is 0.493 e. The lowest BCUT2D eigenvalue weighted by atomic mass is 10.1. The lowest BCUT2D eigenvalue weighted by Crippen LogP contribution is -2.15. The standard InChI is InChI=1S/C15H20N2O2S/c1-2-19-14-8-4-3-7-12(14)13-11-20-15(18)17(13)10-6-5-9-16/h3-4,7-8,11H,2,5-6,9-10,16H2,1H3. The van der Waals surface area contributed by atoms with Crippen LogP contribution in [0.25, 0.3) is 11.3 Å². The molecule has 5 heteroatoms. The van der Waals surface area contributed by atoms with Crippen molar-refractivity contribution >= 4 is 11.3 Å². The number of benzene rings is 1. The van der Waals surface area contributed by atoms with Crippen LogP contribution in [0.2, 0.25) is 0 Å². The van der Waals surface area contributed by atoms with Crippen LogP contribution >= 0.6 is 11.3 Å². The number of hydrogen-bond acceptors (Lipinski definition) is 4. The van der Waals surface area contributed by atoms with E-state index >= 15 is 0 Å². The third-order valence-corrected chi connectivity index (χ3v) is 3.84. The highest BCUT2D eigenvalue weighted by Gasteiger charge is 2.12. The number of nitrogens with zero attached hydrogens (tertiary/aromatic N) is 1. The van der Waals surface area contributed by atoms with E-state index in [1.165, 1.54) is 11.3 Å². The Balaban J connectivity index is 2.35. The molecule has 0 saturated heterocycles. The summed E-state index contributed by atoms with van der Waals surface area (Å²) in [6, 6.07) is 7.83. The zero-order valence-electron chi connectivity index (χ0n) is 11.7. The minimum absolute atomic E-state index is 0.0725. The maximum absolute atomic E-state index is 12.0. The number of thiazole rings is 1. The van der Waals surface area contributed by atoms with Crippen LogP contribution in [-0.4, -0.2) is 17.7 Å². The summed E-state index contributed by atoms with van der Waals surface area (Å²) in [6.07, 6.45) is 1.84. The summed E-state index contributed by atoms with van der Waals surface area (Å²) in [4.78, 5) is 12.1. The Morgan fingerprint density at radius 1 is 1.30 bits per heavy atom. The Morgan fingerprint density at radius 2 is 2.10 bits per heavy atom. The van der Waals surface area contributed by atoms with Crippen LogP contribution in [-0.2, 0) is 6.54 Å². The monoisotopic (exact) mass is 292 g/mol. The van der Waals surface area contributed by atoms with Crippen molar-refractivity contribution in [3.63, 3.8) is 0 Å². The van der Waals surface area contributed by atoms with Crippen LogP contribution in [0.5, 0.6) is 5.75 Å². The SMILES string of the molecule is CCOc1ccccc1-c1csc(=O)n1CCCCN. The highest BCUT2D eigenvalue weighted by Crippen LogP contribution is 2.30. The van der Waals surface area contributed by atoms with Crippen molar-refractivity contribution in [2.24, 2.45) is 5.73 Å². The second kappa shape index (κ2) is 7.26. The van der Waals surface area contributed by atoms with E-state index in [-0.39, 0.29) is 4.87 Å². The van der Waals surface area contributed by atoms with Gasteiger partial charge in [-0.1, -0.05) is 23.5 Å². The Bertz CT molecular complexity index is 604. The molecule has 0 amide bonds. The fraction of sp³-hybridized carbons (Fsp3) is 0.400. The van der Waals surface area contributed by atoms with Gasteiger partial charge in [0.25, 0.3) is 0 Å². The van der Waals surface area contributed by atoms with E-state index in [1.807, 2.05) is 41.1 Å². The summed E-state index contributed by atoms with van der Waals surface area (Å²) in [5.74, 6) is 0.820. The molecule has 20 heavy (non-hydrogen) atoms. The lowest BCUT2D eigenvalue weighted by molar-refractivity contribution is 0.341. The molecule has 0 fully saturated rings. The molecule has 0 atom stereocenters. The molecule has 0 aliphatic heterocycles. The first-order valence-corrected chi connectivity index (χ1v) is 7.76. The third-order valence-electron chi connectivity index (χ3n) is 3.08. The Kier molecular flexibility index (Phi) is 5.38. The summed E-state index contributed by atoms with van der Waals surface area (Å²) in [5.41, 5.74) is 7.42. The van der Waals surface area contributed by atoms with E-state index in [4.69, 9.17) is 10.5 Å². The molecule has 1 aromatic heterocycles. The van der Waals surface area contributed by atoms with Gasteiger partial charge in [-0.25, -0.2) is 0 Å². The number of hydrogen-bond donors (Lipinski definition) is 1. The first-order chi connectivity index (χ1) is 9.77. The lowest BCUT2D eigenvalue weighted by Gasteiger charge is -2.12. The van der Waals surface area contributed by atoms with E-state index < -0.39 is 0 Å². The molecule has 0 aliphatic rings. The van der Waals surface area contributed by atoms with E-state index in [1.54, 1.807) is 0 Å². The minimum atomic E-state index is 0.0725. The number of rotatable bonds is 7. The van der Waals surface area contributed by atoms with Gasteiger partial charge in [-0.2, -0.15) is 0 Å². The first kappa shape index (κ1) is 14.8. The minimum Gasteiger partial charge on any atom is -0.493 e. The average Bonchev–Trinajstić information content (AvgIpc) is 2.82. The van der Waals surface area contributed by atoms with Crippen molar-refractivity contribution < 1.29 is 4.74 Å². The quantitative estimate of drug-likeness (QED) is 0.798. The van der Waals surface area contributed by atoms with Gasteiger partial charge in [0.05, 0.1) is 12.3 Å². The zero-order chi connectivity index (χ0) is 14.4. The van der Waals surface area contributed by atoms with Crippen molar-refractivity contribution in [2.75, 3.05) is 13.2 Å². The van der Waals surface area contributed by atoms with E-state index in [0.29, 0.717) is 19.7 Å². The van der Waals surface area contributed by atoms with Crippen molar-refractivity contribution in [1.82, 2.24) is 4.57 Å². The number of ether oxygens (including phenoxy) is 1. The molecule has 1 aromatic carbocycles. The number of para-hydroxylation sites is 1. The summed E-state index contributed by atoms with van der Waals surface area (Å²) in [6.45, 7) is 3.93. The third kappa shape index (κ3) is 3.29. The Hall–Kier alpha value is -1.59. The molecule has 108 valence electrons. The maximum atomic E-state index is 12.0. The summed E-state index contributed by atoms with van der Waals surface area (Å²) >= 11 is 1.23. The zero-order valence-corrected chi connectivity index (χ0v) is 12.5. The van der Waals surface area contributed by atoms with Crippen LogP contribution in [0.4, 0.5) is 0 Å². The fourth-order valence-corrected chi connectivity index (χ4v) is 2.91. The Labute approximate surface area is 122 Å². The molecule has 0 bridgehead atoms. The highest BCUT2D eigenvalue weighted by atomic mass is 32.1. The van der Waals surface area contributed by atoms with Gasteiger partial charge < -0.3 is 10.5 Å². The van der Waals surface area contributed by atoms with Gasteiger partial charge in [0.15, 0.2) is 0 Å². The smallest absolute Gasteiger partial charge is 0.307 e. The molecule has 2 N–H and O–H groups in total. The molecular weight excluding hydrogens is 272 g/mol. The summed E-state index contributed by atoms with van der Waals surface area (Å²) < 4.78 is 7.47. The molecule has 0 unspecified atom stereocenters. The summed E-state index contributed by atoms with van der Waals surface area (Å²) in [7, 11) is 0. The van der Waals surface area contributed by atoms with Crippen LogP contribution in [0.3, 0.4) is 0 Å². The molecule has 2 rings (SSSR count). The van der Waals surface area contributed by atoms with Crippen LogP contribution < -0.4 is 15.3 Å². The number of nitrogens with two attached hydrogens (primary N) is 1. The van der Waals surface area contributed by atoms with Crippen LogP contribution in [0, 0.1) is 0 Å².